The number of alkyl halides is 3. The van der Waals surface area contributed by atoms with Gasteiger partial charge in [-0.1, -0.05) is 47.6 Å². The Bertz CT molecular complexity index is 1500. The number of carbonyl (C=O) groups is 1. The number of esters is 1. The van der Waals surface area contributed by atoms with Crippen molar-refractivity contribution in [2.75, 3.05) is 13.2 Å². The Kier molecular flexibility index (Phi) is 9.78. The lowest BCUT2D eigenvalue weighted by atomic mass is 10.0. The molecule has 0 aliphatic carbocycles. The number of carbonyl (C=O) groups excluding carboxylic acids is 1. The lowest BCUT2D eigenvalue weighted by Crippen LogP contribution is -2.15. The number of rotatable bonds is 11. The topological polar surface area (TPSA) is 70.0 Å². The lowest BCUT2D eigenvalue weighted by molar-refractivity contribution is -0.145. The Hall–Kier alpha value is -4.18. The zero-order chi connectivity index (χ0) is 29.4. The number of thiazole rings is 1. The Morgan fingerprint density at radius 1 is 1.00 bits per heavy atom. The van der Waals surface area contributed by atoms with Gasteiger partial charge in [-0.15, -0.1) is 11.3 Å². The minimum absolute atomic E-state index is 0.155. The Labute approximate surface area is 240 Å². The van der Waals surface area contributed by atoms with Gasteiger partial charge in [0.1, 0.15) is 10.8 Å². The van der Waals surface area contributed by atoms with E-state index in [-0.39, 0.29) is 19.8 Å². The summed E-state index contributed by atoms with van der Waals surface area (Å²) in [5.74, 6) is 0.133. The highest BCUT2D eigenvalue weighted by Gasteiger charge is 2.30. The smallest absolute Gasteiger partial charge is 0.416 e. The maximum absolute atomic E-state index is 12.9. The largest absolute Gasteiger partial charge is 0.482 e. The fraction of sp³-hybridized carbons (Fsp3) is 0.258. The summed E-state index contributed by atoms with van der Waals surface area (Å²) in [5, 5.41) is 5.08. The summed E-state index contributed by atoms with van der Waals surface area (Å²) < 4.78 is 49.3. The van der Waals surface area contributed by atoms with E-state index < -0.39 is 17.7 Å². The van der Waals surface area contributed by atoms with Crippen molar-refractivity contribution in [2.45, 2.75) is 40.0 Å². The molecule has 0 radical (unpaired) electrons. The number of hydrogen-bond donors (Lipinski definition) is 0. The fourth-order valence-corrected chi connectivity index (χ4v) is 4.94. The third-order valence-corrected chi connectivity index (χ3v) is 7.28. The van der Waals surface area contributed by atoms with Crippen LogP contribution < -0.4 is 4.74 Å². The number of hydrogen-bond acceptors (Lipinski definition) is 7. The van der Waals surface area contributed by atoms with Crippen molar-refractivity contribution in [1.29, 1.82) is 0 Å². The molecular formula is C31H29F3N2O4S. The van der Waals surface area contributed by atoms with E-state index >= 15 is 0 Å². The van der Waals surface area contributed by atoms with Crippen LogP contribution in [0.1, 0.15) is 39.7 Å². The number of aryl methyl sites for hydroxylation is 2. The summed E-state index contributed by atoms with van der Waals surface area (Å²) >= 11 is 1.35. The fourth-order valence-electron chi connectivity index (χ4n) is 3.96. The van der Waals surface area contributed by atoms with Crippen LogP contribution in [0.25, 0.3) is 10.6 Å². The molecular weight excluding hydrogens is 553 g/mol. The van der Waals surface area contributed by atoms with Crippen molar-refractivity contribution < 1.29 is 32.3 Å². The standard InChI is InChI=1S/C31H29F3N2O4S/c1-4-38-29(37)19-39-27-15-12-24(16-20(27)2)26(17-22-8-6-5-7-9-22)36-40-18-28-21(3)35-30(41-28)23-10-13-25(14-11-23)31(32,33)34/h5-16H,4,17-19H2,1-3H3. The highest BCUT2D eigenvalue weighted by molar-refractivity contribution is 7.15. The maximum atomic E-state index is 12.9. The molecule has 0 N–H and O–H groups in total. The van der Waals surface area contributed by atoms with Gasteiger partial charge in [0, 0.05) is 17.5 Å². The molecule has 41 heavy (non-hydrogen) atoms. The summed E-state index contributed by atoms with van der Waals surface area (Å²) in [4.78, 5) is 22.8. The Morgan fingerprint density at radius 2 is 1.73 bits per heavy atom. The second-order valence-corrected chi connectivity index (χ2v) is 10.2. The van der Waals surface area contributed by atoms with Gasteiger partial charge in [-0.05, 0) is 62.2 Å². The molecule has 0 saturated heterocycles. The van der Waals surface area contributed by atoms with E-state index in [2.05, 4.69) is 10.1 Å². The van der Waals surface area contributed by atoms with Crippen molar-refractivity contribution in [3.8, 4) is 16.3 Å². The van der Waals surface area contributed by atoms with E-state index in [1.165, 1.54) is 23.5 Å². The van der Waals surface area contributed by atoms with E-state index in [9.17, 15) is 18.0 Å². The average Bonchev–Trinajstić information content (AvgIpc) is 3.32. The maximum Gasteiger partial charge on any atom is 0.416 e. The van der Waals surface area contributed by atoms with Crippen LogP contribution in [-0.2, 0) is 33.6 Å². The molecule has 1 heterocycles. The molecule has 214 valence electrons. The van der Waals surface area contributed by atoms with Gasteiger partial charge in [-0.2, -0.15) is 13.2 Å². The predicted octanol–water partition coefficient (Wildman–Crippen LogP) is 7.55. The van der Waals surface area contributed by atoms with Crippen molar-refractivity contribution in [1.82, 2.24) is 4.98 Å². The molecule has 0 saturated carbocycles. The first kappa shape index (κ1) is 29.8. The highest BCUT2D eigenvalue weighted by Crippen LogP contribution is 2.33. The molecule has 0 atom stereocenters. The van der Waals surface area contributed by atoms with Gasteiger partial charge in [-0.25, -0.2) is 9.78 Å². The van der Waals surface area contributed by atoms with Crippen LogP contribution in [0.4, 0.5) is 13.2 Å². The van der Waals surface area contributed by atoms with Crippen LogP contribution in [0.15, 0.2) is 78.0 Å². The Morgan fingerprint density at radius 3 is 2.39 bits per heavy atom. The summed E-state index contributed by atoms with van der Waals surface area (Å²) in [5.41, 5.74) is 4.03. The third-order valence-electron chi connectivity index (χ3n) is 6.10. The number of benzene rings is 3. The second kappa shape index (κ2) is 13.5. The average molecular weight is 583 g/mol. The van der Waals surface area contributed by atoms with Crippen molar-refractivity contribution in [2.24, 2.45) is 5.16 Å². The van der Waals surface area contributed by atoms with E-state index in [0.29, 0.717) is 28.5 Å². The number of oxime groups is 1. The predicted molar refractivity (Wildman–Crippen MR) is 152 cm³/mol. The number of ether oxygens (including phenoxy) is 2. The molecule has 3 aromatic carbocycles. The van der Waals surface area contributed by atoms with Gasteiger partial charge in [-0.3, -0.25) is 0 Å². The molecule has 1 aromatic heterocycles. The number of halogens is 3. The SMILES string of the molecule is CCOC(=O)COc1ccc(C(Cc2ccccc2)=NOCc2sc(-c3ccc(C(F)(F)F)cc3)nc2C)cc1C. The molecule has 0 spiro atoms. The quantitative estimate of drug-likeness (QED) is 0.104. The molecule has 0 aliphatic rings. The monoisotopic (exact) mass is 582 g/mol. The Balaban J connectivity index is 1.51. The molecule has 0 fully saturated rings. The molecule has 6 nitrogen and oxygen atoms in total. The minimum atomic E-state index is -4.39. The van der Waals surface area contributed by atoms with E-state index in [4.69, 9.17) is 14.3 Å². The number of aromatic nitrogens is 1. The van der Waals surface area contributed by atoms with E-state index in [1.54, 1.807) is 13.0 Å². The molecule has 4 rings (SSSR count). The first-order valence-electron chi connectivity index (χ1n) is 12.9. The molecule has 10 heteroatoms. The van der Waals surface area contributed by atoms with Gasteiger partial charge in [0.2, 0.25) is 0 Å². The minimum Gasteiger partial charge on any atom is -0.482 e. The summed E-state index contributed by atoms with van der Waals surface area (Å²) in [6.07, 6.45) is -3.87. The van der Waals surface area contributed by atoms with Crippen LogP contribution in [-0.4, -0.2) is 29.9 Å². The zero-order valence-corrected chi connectivity index (χ0v) is 23.6. The molecule has 0 bridgehead atoms. The van der Waals surface area contributed by atoms with Crippen LogP contribution in [0, 0.1) is 13.8 Å². The first-order valence-corrected chi connectivity index (χ1v) is 13.7. The van der Waals surface area contributed by atoms with Crippen LogP contribution in [0.2, 0.25) is 0 Å². The normalized spacial score (nSPS) is 11.8. The second-order valence-electron chi connectivity index (χ2n) is 9.15. The molecule has 0 aliphatic heterocycles. The number of nitrogens with zero attached hydrogens (tertiary/aromatic N) is 2. The van der Waals surface area contributed by atoms with E-state index in [0.717, 1.165) is 39.4 Å². The van der Waals surface area contributed by atoms with Crippen molar-refractivity contribution in [3.63, 3.8) is 0 Å². The summed E-state index contributed by atoms with van der Waals surface area (Å²) in [6, 6.07) is 20.4. The van der Waals surface area contributed by atoms with Gasteiger partial charge in [0.15, 0.2) is 13.2 Å². The summed E-state index contributed by atoms with van der Waals surface area (Å²) in [7, 11) is 0. The van der Waals surface area contributed by atoms with Gasteiger partial charge >= 0.3 is 12.1 Å². The van der Waals surface area contributed by atoms with Gasteiger partial charge in [0.25, 0.3) is 0 Å². The molecule has 4 aromatic rings. The molecule has 0 unspecified atom stereocenters. The molecule has 0 amide bonds. The lowest BCUT2D eigenvalue weighted by Gasteiger charge is -2.12. The van der Waals surface area contributed by atoms with Crippen LogP contribution in [0.3, 0.4) is 0 Å². The first-order chi connectivity index (χ1) is 19.6. The third kappa shape index (κ3) is 8.17. The van der Waals surface area contributed by atoms with Crippen LogP contribution in [0.5, 0.6) is 5.75 Å². The van der Waals surface area contributed by atoms with Gasteiger partial charge in [0.05, 0.1) is 28.5 Å². The van der Waals surface area contributed by atoms with E-state index in [1.807, 2.05) is 56.3 Å². The zero-order valence-electron chi connectivity index (χ0n) is 22.8. The highest BCUT2D eigenvalue weighted by atomic mass is 32.1. The van der Waals surface area contributed by atoms with Crippen LogP contribution >= 0.6 is 11.3 Å². The van der Waals surface area contributed by atoms with Gasteiger partial charge < -0.3 is 14.3 Å². The van der Waals surface area contributed by atoms with Crippen molar-refractivity contribution in [3.05, 3.63) is 106 Å². The van der Waals surface area contributed by atoms with Crippen molar-refractivity contribution >= 4 is 23.0 Å². The summed E-state index contributed by atoms with van der Waals surface area (Å²) in [6.45, 7) is 5.72.